The third-order valence-corrected chi connectivity index (χ3v) is 7.43. The molecule has 38 heavy (non-hydrogen) atoms. The summed E-state index contributed by atoms with van der Waals surface area (Å²) in [6.45, 7) is 8.82. The number of benzene rings is 1. The highest BCUT2D eigenvalue weighted by molar-refractivity contribution is 6.03. The molecule has 2 unspecified atom stereocenters. The minimum atomic E-state index is -0.394. The molecule has 2 atom stereocenters. The fraction of sp³-hybridized carbons (Fsp3) is 0.765. The van der Waals surface area contributed by atoms with Gasteiger partial charge >= 0.3 is 11.9 Å². The first-order chi connectivity index (χ1) is 18.6. The molecule has 0 aliphatic carbocycles. The van der Waals surface area contributed by atoms with E-state index in [1.54, 1.807) is 24.3 Å². The summed E-state index contributed by atoms with van der Waals surface area (Å²) in [7, 11) is 0. The zero-order valence-electron chi connectivity index (χ0n) is 25.2. The summed E-state index contributed by atoms with van der Waals surface area (Å²) < 4.78 is 12.0. The first-order valence-corrected chi connectivity index (χ1v) is 16.1. The number of ether oxygens (including phenoxy) is 2. The third-order valence-electron chi connectivity index (χ3n) is 7.43. The number of esters is 2. The topological polar surface area (TPSA) is 52.6 Å². The van der Waals surface area contributed by atoms with Crippen LogP contribution < -0.4 is 0 Å². The summed E-state index contributed by atoms with van der Waals surface area (Å²) in [5, 5.41) is 0. The largest absolute Gasteiger partial charge is 0.459 e. The van der Waals surface area contributed by atoms with Crippen LogP contribution in [0.3, 0.4) is 0 Å². The molecule has 218 valence electrons. The average molecular weight is 531 g/mol. The van der Waals surface area contributed by atoms with Crippen LogP contribution >= 0.6 is 0 Å². The lowest BCUT2D eigenvalue weighted by Gasteiger charge is -2.20. The molecule has 0 aromatic heterocycles. The van der Waals surface area contributed by atoms with E-state index < -0.39 is 11.9 Å². The Bertz CT molecular complexity index is 668. The van der Waals surface area contributed by atoms with Crippen LogP contribution in [0.25, 0.3) is 0 Å². The predicted octanol–water partition coefficient (Wildman–Crippen LogP) is 10.6. The number of carbonyl (C=O) groups excluding carboxylic acids is 2. The summed E-state index contributed by atoms with van der Waals surface area (Å²) >= 11 is 0. The minimum Gasteiger partial charge on any atom is -0.459 e. The zero-order chi connectivity index (χ0) is 27.8. The number of unbranched alkanes of at least 4 members (excludes halogenated alkanes) is 12. The van der Waals surface area contributed by atoms with Crippen LogP contribution in [0.15, 0.2) is 24.3 Å². The van der Waals surface area contributed by atoms with Crippen molar-refractivity contribution in [1.29, 1.82) is 0 Å². The summed E-state index contributed by atoms with van der Waals surface area (Å²) in [6, 6.07) is 7.02. The average Bonchev–Trinajstić information content (AvgIpc) is 2.92. The molecule has 0 amide bonds. The van der Waals surface area contributed by atoms with Gasteiger partial charge in [-0.3, -0.25) is 0 Å². The Morgan fingerprint density at radius 3 is 1.13 bits per heavy atom. The molecule has 0 saturated carbocycles. The highest BCUT2D eigenvalue weighted by Gasteiger charge is 2.24. The number of hydrogen-bond donors (Lipinski definition) is 0. The Kier molecular flexibility index (Phi) is 20.8. The number of hydrogen-bond acceptors (Lipinski definition) is 4. The third kappa shape index (κ3) is 15.5. The maximum atomic E-state index is 13.3. The van der Waals surface area contributed by atoms with Gasteiger partial charge in [0.05, 0.1) is 11.1 Å². The fourth-order valence-corrected chi connectivity index (χ4v) is 4.99. The van der Waals surface area contributed by atoms with Crippen LogP contribution in [-0.4, -0.2) is 24.1 Å². The van der Waals surface area contributed by atoms with Gasteiger partial charge in [0, 0.05) is 0 Å². The molecule has 1 rings (SSSR count). The summed E-state index contributed by atoms with van der Waals surface area (Å²) in [4.78, 5) is 26.6. The van der Waals surface area contributed by atoms with E-state index in [0.29, 0.717) is 11.1 Å². The van der Waals surface area contributed by atoms with Crippen molar-refractivity contribution in [2.75, 3.05) is 0 Å². The predicted molar refractivity (Wildman–Crippen MR) is 160 cm³/mol. The van der Waals surface area contributed by atoms with Crippen molar-refractivity contribution in [3.63, 3.8) is 0 Å². The van der Waals surface area contributed by atoms with Gasteiger partial charge in [0.1, 0.15) is 12.2 Å². The summed E-state index contributed by atoms with van der Waals surface area (Å²) in [6.07, 6.45) is 22.0. The van der Waals surface area contributed by atoms with E-state index in [4.69, 9.17) is 9.47 Å². The highest BCUT2D eigenvalue weighted by atomic mass is 16.5. The molecule has 1 aromatic rings. The van der Waals surface area contributed by atoms with E-state index in [-0.39, 0.29) is 12.2 Å². The molecule has 0 fully saturated rings. The van der Waals surface area contributed by atoms with Gasteiger partial charge in [-0.25, -0.2) is 9.59 Å². The SMILES string of the molecule is CCCCCCCC(CCCCC)OC(=O)c1ccccc1C(=O)OC(CCCCC)CCCCCCC. The van der Waals surface area contributed by atoms with Crippen LogP contribution in [-0.2, 0) is 9.47 Å². The van der Waals surface area contributed by atoms with Crippen LogP contribution in [0.4, 0.5) is 0 Å². The minimum absolute atomic E-state index is 0.0929. The van der Waals surface area contributed by atoms with Crippen molar-refractivity contribution in [2.45, 2.75) is 168 Å². The lowest BCUT2D eigenvalue weighted by atomic mass is 10.0. The molecule has 0 heterocycles. The molecule has 0 aliphatic heterocycles. The van der Waals surface area contributed by atoms with Crippen molar-refractivity contribution in [1.82, 2.24) is 0 Å². The summed E-state index contributed by atoms with van der Waals surface area (Å²) in [5.74, 6) is -0.788. The summed E-state index contributed by atoms with van der Waals surface area (Å²) in [5.41, 5.74) is 0.665. The lowest BCUT2D eigenvalue weighted by molar-refractivity contribution is 0.0201. The molecular weight excluding hydrogens is 472 g/mol. The molecule has 0 saturated heterocycles. The molecule has 1 aromatic carbocycles. The van der Waals surface area contributed by atoms with E-state index in [0.717, 1.165) is 77.0 Å². The Balaban J connectivity index is 2.84. The number of carbonyl (C=O) groups is 2. The van der Waals surface area contributed by atoms with Crippen molar-refractivity contribution in [3.05, 3.63) is 35.4 Å². The highest BCUT2D eigenvalue weighted by Crippen LogP contribution is 2.22. The fourth-order valence-electron chi connectivity index (χ4n) is 4.99. The number of rotatable bonds is 24. The van der Waals surface area contributed by atoms with Crippen LogP contribution in [0.2, 0.25) is 0 Å². The standard InChI is InChI=1S/C34H58O4/c1-5-9-13-15-19-25-29(23-17-11-7-3)37-33(35)31-27-21-22-28-32(31)34(36)38-30(24-18-12-8-4)26-20-16-14-10-6-2/h21-22,27-30H,5-20,23-26H2,1-4H3. The van der Waals surface area contributed by atoms with Crippen LogP contribution in [0, 0.1) is 0 Å². The van der Waals surface area contributed by atoms with E-state index >= 15 is 0 Å². The van der Waals surface area contributed by atoms with Gasteiger partial charge in [0.15, 0.2) is 0 Å². The Morgan fingerprint density at radius 2 is 0.789 bits per heavy atom. The van der Waals surface area contributed by atoms with Crippen LogP contribution in [0.5, 0.6) is 0 Å². The second kappa shape index (κ2) is 23.1. The maximum absolute atomic E-state index is 13.3. The van der Waals surface area contributed by atoms with E-state index in [9.17, 15) is 9.59 Å². The first kappa shape index (κ1) is 34.2. The van der Waals surface area contributed by atoms with Crippen molar-refractivity contribution < 1.29 is 19.1 Å². The second-order valence-electron chi connectivity index (χ2n) is 11.0. The van der Waals surface area contributed by atoms with Gasteiger partial charge in [-0.15, -0.1) is 0 Å². The molecule has 4 heteroatoms. The maximum Gasteiger partial charge on any atom is 0.339 e. The van der Waals surface area contributed by atoms with Gasteiger partial charge < -0.3 is 9.47 Å². The molecule has 0 aliphatic rings. The molecular formula is C34H58O4. The Morgan fingerprint density at radius 1 is 0.500 bits per heavy atom. The van der Waals surface area contributed by atoms with Gasteiger partial charge in [-0.05, 0) is 63.5 Å². The quantitative estimate of drug-likeness (QED) is 0.0985. The zero-order valence-corrected chi connectivity index (χ0v) is 25.2. The molecule has 0 radical (unpaired) electrons. The van der Waals surface area contributed by atoms with Gasteiger partial charge in [0.2, 0.25) is 0 Å². The van der Waals surface area contributed by atoms with Gasteiger partial charge in [-0.1, -0.05) is 117 Å². The molecule has 0 N–H and O–H groups in total. The van der Waals surface area contributed by atoms with Gasteiger partial charge in [-0.2, -0.15) is 0 Å². The first-order valence-electron chi connectivity index (χ1n) is 16.1. The molecule has 0 spiro atoms. The van der Waals surface area contributed by atoms with Crippen LogP contribution in [0.1, 0.15) is 177 Å². The molecule has 0 bridgehead atoms. The van der Waals surface area contributed by atoms with Gasteiger partial charge in [0.25, 0.3) is 0 Å². The monoisotopic (exact) mass is 530 g/mol. The van der Waals surface area contributed by atoms with Crippen molar-refractivity contribution in [2.24, 2.45) is 0 Å². The second-order valence-corrected chi connectivity index (χ2v) is 11.0. The van der Waals surface area contributed by atoms with E-state index in [1.807, 2.05) is 0 Å². The Labute approximate surface area is 234 Å². The smallest absolute Gasteiger partial charge is 0.339 e. The van der Waals surface area contributed by atoms with Crippen molar-refractivity contribution in [3.8, 4) is 0 Å². The van der Waals surface area contributed by atoms with Crippen molar-refractivity contribution >= 4 is 11.9 Å². The van der Waals surface area contributed by atoms with E-state index in [1.165, 1.54) is 51.4 Å². The van der Waals surface area contributed by atoms with E-state index in [2.05, 4.69) is 27.7 Å². The molecule has 4 nitrogen and oxygen atoms in total. The Hall–Kier alpha value is -1.84. The normalized spacial score (nSPS) is 12.7. The lowest BCUT2D eigenvalue weighted by Crippen LogP contribution is -2.23.